The highest BCUT2D eigenvalue weighted by Gasteiger charge is 2.41. The van der Waals surface area contributed by atoms with Gasteiger partial charge in [0.1, 0.15) is 0 Å². The molecule has 0 spiro atoms. The zero-order valence-electron chi connectivity index (χ0n) is 10.2. The predicted molar refractivity (Wildman–Crippen MR) is 63.5 cm³/mol. The first-order chi connectivity index (χ1) is 8.92. The number of hydrogen-bond acceptors (Lipinski definition) is 4. The number of nitrogens with zero attached hydrogens (tertiary/aromatic N) is 1. The van der Waals surface area contributed by atoms with Crippen molar-refractivity contribution in [3.63, 3.8) is 0 Å². The quantitative estimate of drug-likeness (QED) is 0.446. The van der Waals surface area contributed by atoms with Gasteiger partial charge in [0.15, 0.2) is 6.10 Å². The monoisotopic (exact) mass is 275 g/mol. The van der Waals surface area contributed by atoms with E-state index < -0.39 is 29.9 Å². The van der Waals surface area contributed by atoms with Crippen LogP contribution in [0.1, 0.15) is 12.0 Å². The van der Waals surface area contributed by atoms with Crippen LogP contribution >= 0.6 is 0 Å². The molecule has 0 saturated carbocycles. The SMILES string of the molecule is O=[N+]([O-])CC(O)C(F)(F)CCOCc1ccccc1. The molecule has 0 bridgehead atoms. The number of aliphatic hydroxyl groups excluding tert-OH is 1. The molecular weight excluding hydrogens is 260 g/mol. The molecule has 106 valence electrons. The second-order valence-electron chi connectivity index (χ2n) is 4.08. The van der Waals surface area contributed by atoms with Gasteiger partial charge in [0.2, 0.25) is 6.54 Å². The molecule has 1 rings (SSSR count). The molecule has 0 radical (unpaired) electrons. The zero-order valence-corrected chi connectivity index (χ0v) is 10.2. The lowest BCUT2D eigenvalue weighted by atomic mass is 10.1. The molecule has 7 heteroatoms. The molecule has 0 amide bonds. The highest BCUT2D eigenvalue weighted by Crippen LogP contribution is 2.23. The molecule has 0 aliphatic rings. The average Bonchev–Trinajstić information content (AvgIpc) is 2.35. The highest BCUT2D eigenvalue weighted by molar-refractivity contribution is 5.13. The lowest BCUT2D eigenvalue weighted by molar-refractivity contribution is -0.497. The normalized spacial score (nSPS) is 13.2. The van der Waals surface area contributed by atoms with Crippen molar-refractivity contribution in [1.29, 1.82) is 0 Å². The van der Waals surface area contributed by atoms with Crippen LogP contribution in [0.4, 0.5) is 8.78 Å². The van der Waals surface area contributed by atoms with Crippen LogP contribution in [0.2, 0.25) is 0 Å². The van der Waals surface area contributed by atoms with E-state index in [4.69, 9.17) is 9.84 Å². The molecule has 0 aliphatic heterocycles. The van der Waals surface area contributed by atoms with Gasteiger partial charge in [0.05, 0.1) is 13.2 Å². The molecule has 0 aromatic heterocycles. The Balaban J connectivity index is 2.29. The van der Waals surface area contributed by atoms with E-state index in [1.54, 1.807) is 24.3 Å². The number of halogens is 2. The van der Waals surface area contributed by atoms with Gasteiger partial charge >= 0.3 is 0 Å². The first-order valence-electron chi connectivity index (χ1n) is 5.71. The molecular formula is C12H15F2NO4. The smallest absolute Gasteiger partial charge is 0.282 e. The van der Waals surface area contributed by atoms with Crippen molar-refractivity contribution >= 4 is 0 Å². The second-order valence-corrected chi connectivity index (χ2v) is 4.08. The van der Waals surface area contributed by atoms with Crippen LogP contribution in [0.25, 0.3) is 0 Å². The maximum absolute atomic E-state index is 13.3. The summed E-state index contributed by atoms with van der Waals surface area (Å²) in [6.07, 6.45) is -3.04. The molecule has 0 aliphatic carbocycles. The molecule has 19 heavy (non-hydrogen) atoms. The lowest BCUT2D eigenvalue weighted by Crippen LogP contribution is -2.39. The van der Waals surface area contributed by atoms with Crippen LogP contribution in [-0.2, 0) is 11.3 Å². The van der Waals surface area contributed by atoms with Crippen molar-refractivity contribution in [3.05, 3.63) is 46.0 Å². The van der Waals surface area contributed by atoms with Gasteiger partial charge in [-0.3, -0.25) is 10.1 Å². The first kappa shape index (κ1) is 15.5. The van der Waals surface area contributed by atoms with Crippen LogP contribution in [0.3, 0.4) is 0 Å². The van der Waals surface area contributed by atoms with E-state index in [1.165, 1.54) is 0 Å². The Morgan fingerprint density at radius 1 is 1.37 bits per heavy atom. The molecule has 5 nitrogen and oxygen atoms in total. The summed E-state index contributed by atoms with van der Waals surface area (Å²) in [5.74, 6) is -3.52. The number of nitro groups is 1. The van der Waals surface area contributed by atoms with E-state index in [0.717, 1.165) is 5.56 Å². The van der Waals surface area contributed by atoms with Crippen LogP contribution in [0.15, 0.2) is 30.3 Å². The Morgan fingerprint density at radius 2 is 2.00 bits per heavy atom. The van der Waals surface area contributed by atoms with Crippen LogP contribution in [0, 0.1) is 10.1 Å². The van der Waals surface area contributed by atoms with Crippen molar-refractivity contribution in [2.45, 2.75) is 25.1 Å². The molecule has 1 unspecified atom stereocenters. The van der Waals surface area contributed by atoms with Gasteiger partial charge in [-0.1, -0.05) is 30.3 Å². The van der Waals surface area contributed by atoms with Crippen molar-refractivity contribution in [2.24, 2.45) is 0 Å². The van der Waals surface area contributed by atoms with Gasteiger partial charge in [0, 0.05) is 11.3 Å². The average molecular weight is 275 g/mol. The van der Waals surface area contributed by atoms with E-state index in [2.05, 4.69) is 0 Å². The van der Waals surface area contributed by atoms with Gasteiger partial charge < -0.3 is 9.84 Å². The third-order valence-electron chi connectivity index (χ3n) is 2.50. The fourth-order valence-electron chi connectivity index (χ4n) is 1.41. The fraction of sp³-hybridized carbons (Fsp3) is 0.500. The van der Waals surface area contributed by atoms with Gasteiger partial charge in [-0.2, -0.15) is 0 Å². The molecule has 1 atom stereocenters. The van der Waals surface area contributed by atoms with E-state index >= 15 is 0 Å². The maximum atomic E-state index is 13.3. The number of aliphatic hydroxyl groups is 1. The van der Waals surface area contributed by atoms with Gasteiger partial charge in [0.25, 0.3) is 5.92 Å². The van der Waals surface area contributed by atoms with Crippen molar-refractivity contribution in [2.75, 3.05) is 13.2 Å². The summed E-state index contributed by atoms with van der Waals surface area (Å²) >= 11 is 0. The summed E-state index contributed by atoms with van der Waals surface area (Å²) in [5.41, 5.74) is 0.844. The van der Waals surface area contributed by atoms with Gasteiger partial charge in [-0.05, 0) is 5.56 Å². The Bertz CT molecular complexity index is 400. The number of ether oxygens (including phenoxy) is 1. The number of benzene rings is 1. The minimum absolute atomic E-state index is 0.183. The zero-order chi connectivity index (χ0) is 14.3. The summed E-state index contributed by atoms with van der Waals surface area (Å²) in [5, 5.41) is 19.1. The summed E-state index contributed by atoms with van der Waals surface area (Å²) in [7, 11) is 0. The molecule has 1 aromatic rings. The standard InChI is InChI=1S/C12H15F2NO4/c13-12(14,11(16)8-15(17)18)6-7-19-9-10-4-2-1-3-5-10/h1-5,11,16H,6-9H2. The second kappa shape index (κ2) is 7.10. The van der Waals surface area contributed by atoms with Crippen LogP contribution in [-0.4, -0.2) is 35.2 Å². The number of hydrogen-bond donors (Lipinski definition) is 1. The molecule has 0 fully saturated rings. The summed E-state index contributed by atoms with van der Waals surface area (Å²) in [6.45, 7) is -1.27. The summed E-state index contributed by atoms with van der Waals surface area (Å²) < 4.78 is 31.6. The van der Waals surface area contributed by atoms with Crippen molar-refractivity contribution < 1.29 is 23.5 Å². The molecule has 1 aromatic carbocycles. The minimum Gasteiger partial charge on any atom is -0.381 e. The Hall–Kier alpha value is -1.60. The molecule has 0 heterocycles. The van der Waals surface area contributed by atoms with E-state index in [9.17, 15) is 18.9 Å². The van der Waals surface area contributed by atoms with Crippen molar-refractivity contribution in [1.82, 2.24) is 0 Å². The molecule has 1 N–H and O–H groups in total. The third-order valence-corrected chi connectivity index (χ3v) is 2.50. The Labute approximate surface area is 109 Å². The van der Waals surface area contributed by atoms with E-state index in [-0.39, 0.29) is 13.2 Å². The van der Waals surface area contributed by atoms with Crippen molar-refractivity contribution in [3.8, 4) is 0 Å². The number of rotatable bonds is 8. The summed E-state index contributed by atoms with van der Waals surface area (Å²) in [6, 6.07) is 9.01. The Morgan fingerprint density at radius 3 is 2.58 bits per heavy atom. The Kier molecular flexibility index (Phi) is 5.78. The summed E-state index contributed by atoms with van der Waals surface area (Å²) in [4.78, 5) is 9.08. The molecule has 0 saturated heterocycles. The van der Waals surface area contributed by atoms with E-state index in [1.807, 2.05) is 6.07 Å². The van der Waals surface area contributed by atoms with Crippen LogP contribution in [0.5, 0.6) is 0 Å². The maximum Gasteiger partial charge on any atom is 0.282 e. The van der Waals surface area contributed by atoms with Gasteiger partial charge in [-0.15, -0.1) is 0 Å². The van der Waals surface area contributed by atoms with E-state index in [0.29, 0.717) is 0 Å². The predicted octanol–water partition coefficient (Wildman–Crippen LogP) is 1.87. The van der Waals surface area contributed by atoms with Gasteiger partial charge in [-0.25, -0.2) is 8.78 Å². The third kappa shape index (κ3) is 5.71. The highest BCUT2D eigenvalue weighted by atomic mass is 19.3. The minimum atomic E-state index is -3.52. The topological polar surface area (TPSA) is 72.6 Å². The first-order valence-corrected chi connectivity index (χ1v) is 5.71. The number of alkyl halides is 2. The largest absolute Gasteiger partial charge is 0.381 e. The fourth-order valence-corrected chi connectivity index (χ4v) is 1.41. The van der Waals surface area contributed by atoms with Crippen LogP contribution < -0.4 is 0 Å². The lowest BCUT2D eigenvalue weighted by Gasteiger charge is -2.19.